The molecule has 3 fully saturated rings. The van der Waals surface area contributed by atoms with Crippen molar-refractivity contribution in [2.45, 2.75) is 17.4 Å². The number of anilines is 1. The number of carbonyl (C=O) groups excluding carboxylic acids is 2. The Kier molecular flexibility index (Phi) is 3.55. The molecule has 0 unspecified atom stereocenters. The van der Waals surface area contributed by atoms with Gasteiger partial charge in [-0.2, -0.15) is 0 Å². The molecule has 1 saturated heterocycles. The lowest BCUT2D eigenvalue weighted by molar-refractivity contribution is -0.145. The molecule has 1 amide bonds. The van der Waals surface area contributed by atoms with Gasteiger partial charge in [0.2, 0.25) is 5.91 Å². The number of ether oxygens (including phenoxy) is 1. The number of alkyl halides is 1. The number of halogens is 3. The summed E-state index contributed by atoms with van der Waals surface area (Å²) in [6.45, 7) is 0. The number of esters is 1. The van der Waals surface area contributed by atoms with E-state index in [0.29, 0.717) is 10.7 Å². The lowest BCUT2D eigenvalue weighted by atomic mass is 9.79. The molecular weight excluding hydrogens is 437 g/mol. The van der Waals surface area contributed by atoms with E-state index in [9.17, 15) is 9.59 Å². The molecule has 1 heterocycles. The fourth-order valence-corrected chi connectivity index (χ4v) is 5.90. The average Bonchev–Trinajstić information content (AvgIpc) is 3.06. The quantitative estimate of drug-likeness (QED) is 0.554. The lowest BCUT2D eigenvalue weighted by Gasteiger charge is -2.27. The maximum absolute atomic E-state index is 12.7. The number of nitrogens with one attached hydrogen (secondary N) is 1. The molecule has 1 aromatic rings. The van der Waals surface area contributed by atoms with Gasteiger partial charge in [0.1, 0.15) is 6.10 Å². The number of benzene rings is 1. The summed E-state index contributed by atoms with van der Waals surface area (Å²) in [6.07, 6.45) is 0.797. The van der Waals surface area contributed by atoms with E-state index < -0.39 is 0 Å². The molecule has 2 saturated carbocycles. The van der Waals surface area contributed by atoms with Gasteiger partial charge in [0.25, 0.3) is 0 Å². The highest BCUT2D eigenvalue weighted by atomic mass is 79.9. The molecule has 1 aromatic carbocycles. The maximum atomic E-state index is 12.7. The largest absolute Gasteiger partial charge is 0.461 e. The number of hydrogen-bond donors (Lipinski definition) is 1. The lowest BCUT2D eigenvalue weighted by Crippen LogP contribution is -2.40. The second kappa shape index (κ2) is 5.21. The van der Waals surface area contributed by atoms with Crippen LogP contribution in [0.4, 0.5) is 5.69 Å². The summed E-state index contributed by atoms with van der Waals surface area (Å²) < 4.78 is 6.27. The van der Waals surface area contributed by atoms with Crippen molar-refractivity contribution in [3.63, 3.8) is 0 Å². The molecule has 2 aliphatic carbocycles. The van der Waals surface area contributed by atoms with Crippen LogP contribution in [0.5, 0.6) is 0 Å². The van der Waals surface area contributed by atoms with Crippen LogP contribution in [0.3, 0.4) is 0 Å². The zero-order valence-electron chi connectivity index (χ0n) is 11.3. The minimum Gasteiger partial charge on any atom is -0.461 e. The van der Waals surface area contributed by atoms with Gasteiger partial charge in [0, 0.05) is 10.4 Å². The molecule has 6 atom stereocenters. The zero-order chi connectivity index (χ0) is 15.6. The topological polar surface area (TPSA) is 55.4 Å². The van der Waals surface area contributed by atoms with Gasteiger partial charge in [0.05, 0.1) is 27.4 Å². The second-order valence-electron chi connectivity index (χ2n) is 6.07. The number of rotatable bonds is 2. The van der Waals surface area contributed by atoms with Gasteiger partial charge in [-0.25, -0.2) is 0 Å². The second-order valence-corrected chi connectivity index (χ2v) is 8.45. The molecule has 0 radical (unpaired) electrons. The zero-order valence-corrected chi connectivity index (χ0v) is 15.2. The monoisotopic (exact) mass is 447 g/mol. The summed E-state index contributed by atoms with van der Waals surface area (Å²) in [5.41, 5.74) is 0.562. The highest BCUT2D eigenvalue weighted by molar-refractivity contribution is 9.10. The fourth-order valence-electron chi connectivity index (χ4n) is 4.14. The molecule has 4 rings (SSSR count). The average molecular weight is 450 g/mol. The van der Waals surface area contributed by atoms with E-state index in [0.717, 1.165) is 10.9 Å². The molecule has 22 heavy (non-hydrogen) atoms. The Morgan fingerprint density at radius 1 is 1.36 bits per heavy atom. The molecule has 1 aliphatic heterocycles. The van der Waals surface area contributed by atoms with E-state index in [1.807, 2.05) is 6.07 Å². The third-order valence-corrected chi connectivity index (χ3v) is 7.02. The van der Waals surface area contributed by atoms with Crippen LogP contribution in [-0.4, -0.2) is 22.8 Å². The summed E-state index contributed by atoms with van der Waals surface area (Å²) in [5, 5.41) is 3.33. The van der Waals surface area contributed by atoms with Gasteiger partial charge in [-0.1, -0.05) is 43.5 Å². The smallest absolute Gasteiger partial charge is 0.310 e. The SMILES string of the molecule is O=C(Nc1ccc(Br)cc1Cl)[C@@H]1[C@H]2C[C@H]3[C@H](OC(=O)[C@H]31)[C@@H]2Br. The van der Waals surface area contributed by atoms with Crippen LogP contribution in [0, 0.1) is 23.7 Å². The summed E-state index contributed by atoms with van der Waals surface area (Å²) in [6, 6.07) is 5.29. The molecule has 3 aliphatic rings. The van der Waals surface area contributed by atoms with Crippen molar-refractivity contribution in [3.05, 3.63) is 27.7 Å². The summed E-state index contributed by atoms with van der Waals surface area (Å²) in [7, 11) is 0. The van der Waals surface area contributed by atoms with E-state index in [1.54, 1.807) is 12.1 Å². The van der Waals surface area contributed by atoms with Crippen molar-refractivity contribution in [2.75, 3.05) is 5.32 Å². The van der Waals surface area contributed by atoms with Gasteiger partial charge in [-0.3, -0.25) is 9.59 Å². The highest BCUT2D eigenvalue weighted by Gasteiger charge is 2.67. The number of hydrogen-bond acceptors (Lipinski definition) is 3. The predicted molar refractivity (Wildman–Crippen MR) is 89.0 cm³/mol. The van der Waals surface area contributed by atoms with Crippen molar-refractivity contribution in [1.29, 1.82) is 0 Å². The van der Waals surface area contributed by atoms with Crippen LogP contribution >= 0.6 is 43.5 Å². The number of carbonyl (C=O) groups is 2. The first-order valence-corrected chi connectivity index (χ1v) is 9.16. The van der Waals surface area contributed by atoms with Crippen LogP contribution in [0.25, 0.3) is 0 Å². The van der Waals surface area contributed by atoms with Gasteiger partial charge in [-0.15, -0.1) is 0 Å². The molecule has 4 nitrogen and oxygen atoms in total. The first-order valence-electron chi connectivity index (χ1n) is 7.08. The summed E-state index contributed by atoms with van der Waals surface area (Å²) >= 11 is 13.1. The van der Waals surface area contributed by atoms with Crippen molar-refractivity contribution >= 4 is 61.0 Å². The summed E-state index contributed by atoms with van der Waals surface area (Å²) in [5.74, 6) is -0.734. The Morgan fingerprint density at radius 2 is 2.14 bits per heavy atom. The van der Waals surface area contributed by atoms with E-state index in [4.69, 9.17) is 16.3 Å². The molecule has 2 bridgehead atoms. The fraction of sp³-hybridized carbons (Fsp3) is 0.467. The standard InChI is InChI=1S/C15H12Br2ClNO3/c16-5-1-2-9(8(18)3-5)19-14(20)10-6-4-7-11(10)15(21)22-13(7)12(6)17/h1-3,6-7,10-13H,4H2,(H,19,20)/t6-,7-,10-,11-,12-,13+/m1/s1. The Bertz CT molecular complexity index is 683. The van der Waals surface area contributed by atoms with Crippen molar-refractivity contribution in [2.24, 2.45) is 23.7 Å². The highest BCUT2D eigenvalue weighted by Crippen LogP contribution is 2.60. The Morgan fingerprint density at radius 3 is 2.86 bits per heavy atom. The van der Waals surface area contributed by atoms with Crippen LogP contribution in [0.15, 0.2) is 22.7 Å². The van der Waals surface area contributed by atoms with Crippen LogP contribution in [0.2, 0.25) is 5.02 Å². The normalized spacial score (nSPS) is 38.2. The van der Waals surface area contributed by atoms with Crippen LogP contribution < -0.4 is 5.32 Å². The Hall–Kier alpha value is -0.590. The van der Waals surface area contributed by atoms with Gasteiger partial charge < -0.3 is 10.1 Å². The van der Waals surface area contributed by atoms with Crippen molar-refractivity contribution < 1.29 is 14.3 Å². The van der Waals surface area contributed by atoms with Crippen LogP contribution in [0.1, 0.15) is 6.42 Å². The molecule has 1 N–H and O–H groups in total. The van der Waals surface area contributed by atoms with E-state index in [2.05, 4.69) is 37.2 Å². The van der Waals surface area contributed by atoms with Gasteiger partial charge >= 0.3 is 5.97 Å². The van der Waals surface area contributed by atoms with Crippen molar-refractivity contribution in [3.8, 4) is 0 Å². The predicted octanol–water partition coefficient (Wildman–Crippen LogP) is 3.61. The Balaban J connectivity index is 1.59. The molecule has 0 spiro atoms. The van der Waals surface area contributed by atoms with E-state index in [-0.39, 0.29) is 46.5 Å². The van der Waals surface area contributed by atoms with E-state index >= 15 is 0 Å². The third kappa shape index (κ3) is 2.07. The molecular formula is C15H12Br2ClNO3. The molecule has 7 heteroatoms. The first kappa shape index (κ1) is 15.0. The third-order valence-electron chi connectivity index (χ3n) is 5.01. The minimum absolute atomic E-state index is 0.0661. The number of fused-ring (bicyclic) bond motifs is 1. The maximum Gasteiger partial charge on any atom is 0.310 e. The molecule has 0 aromatic heterocycles. The van der Waals surface area contributed by atoms with Gasteiger partial charge in [-0.05, 0) is 30.5 Å². The summed E-state index contributed by atoms with van der Waals surface area (Å²) in [4.78, 5) is 24.8. The minimum atomic E-state index is -0.347. The number of amides is 1. The van der Waals surface area contributed by atoms with Gasteiger partial charge in [0.15, 0.2) is 0 Å². The molecule has 116 valence electrons. The van der Waals surface area contributed by atoms with Crippen LogP contribution in [-0.2, 0) is 14.3 Å². The van der Waals surface area contributed by atoms with E-state index in [1.165, 1.54) is 0 Å². The first-order chi connectivity index (χ1) is 10.5. The van der Waals surface area contributed by atoms with Crippen molar-refractivity contribution in [1.82, 2.24) is 0 Å². The Labute approximate surface area is 149 Å².